The average molecular weight is 518 g/mol. The van der Waals surface area contributed by atoms with Crippen molar-refractivity contribution in [3.8, 4) is 0 Å². The highest BCUT2D eigenvalue weighted by atomic mass is 32.2. The van der Waals surface area contributed by atoms with Gasteiger partial charge in [-0.1, -0.05) is 41.8 Å². The highest BCUT2D eigenvalue weighted by molar-refractivity contribution is 8.47. The van der Waals surface area contributed by atoms with Gasteiger partial charge in [-0.2, -0.15) is 0 Å². The van der Waals surface area contributed by atoms with Gasteiger partial charge in [0.15, 0.2) is 18.3 Å². The number of thiocarbonyl (C=S) groups is 1. The van der Waals surface area contributed by atoms with E-state index in [0.29, 0.717) is 8.55 Å². The van der Waals surface area contributed by atoms with Crippen LogP contribution < -0.4 is 0 Å². The quantitative estimate of drug-likeness (QED) is 0.227. The van der Waals surface area contributed by atoms with Crippen molar-refractivity contribution in [1.82, 2.24) is 4.98 Å². The predicted molar refractivity (Wildman–Crippen MR) is 122 cm³/mol. The van der Waals surface area contributed by atoms with Crippen molar-refractivity contribution in [2.24, 2.45) is 0 Å². The maximum Gasteiger partial charge on any atom is 0.303 e. The molecule has 0 aromatic carbocycles. The van der Waals surface area contributed by atoms with Crippen LogP contribution in [0.5, 0.6) is 0 Å². The topological polar surface area (TPSA) is 127 Å². The van der Waals surface area contributed by atoms with E-state index in [-0.39, 0.29) is 6.61 Å². The Morgan fingerprint density at radius 1 is 0.939 bits per heavy atom. The zero-order chi connectivity index (χ0) is 24.5. The molecule has 0 saturated carbocycles. The molecule has 33 heavy (non-hydrogen) atoms. The Hall–Kier alpha value is -2.22. The fourth-order valence-electron chi connectivity index (χ4n) is 2.90. The van der Waals surface area contributed by atoms with E-state index in [1.807, 2.05) is 0 Å². The number of ether oxygens (including phenoxy) is 5. The summed E-state index contributed by atoms with van der Waals surface area (Å²) in [6.07, 6.45) is -3.01. The number of pyridine rings is 1. The second-order valence-corrected chi connectivity index (χ2v) is 10.0. The molecule has 1 aromatic rings. The minimum atomic E-state index is -1.23. The van der Waals surface area contributed by atoms with Crippen LogP contribution in [0.25, 0.3) is 0 Å². The molecule has 0 N–H and O–H groups in total. The molecule has 5 atom stereocenters. The molecule has 1 saturated heterocycles. The lowest BCUT2D eigenvalue weighted by Crippen LogP contribution is -2.61. The number of hydrogen-bond donors (Lipinski definition) is 0. The van der Waals surface area contributed by atoms with E-state index in [1.165, 1.54) is 25.6 Å². The number of rotatable bonds is 7. The smallest absolute Gasteiger partial charge is 0.303 e. The lowest BCUT2D eigenvalue weighted by Gasteiger charge is -2.44. The SMILES string of the molecule is CC(=O)OCC1O[C@@H](SC(=S)Sc2ccccn2)C(OC(C)=O)C(OC(C)=O)[C@@H]1OC(C)=O. The number of aromatic nitrogens is 1. The predicted octanol–water partition coefficient (Wildman–Crippen LogP) is 2.27. The molecule has 3 unspecified atom stereocenters. The van der Waals surface area contributed by atoms with E-state index in [9.17, 15) is 19.2 Å². The van der Waals surface area contributed by atoms with Crippen molar-refractivity contribution in [1.29, 1.82) is 0 Å². The van der Waals surface area contributed by atoms with Gasteiger partial charge in [-0.05, 0) is 12.1 Å². The molecular weight excluding hydrogens is 494 g/mol. The van der Waals surface area contributed by atoms with Crippen LogP contribution in [0, 0.1) is 0 Å². The van der Waals surface area contributed by atoms with Crippen molar-refractivity contribution in [2.45, 2.75) is 62.6 Å². The Labute approximate surface area is 204 Å². The van der Waals surface area contributed by atoms with Crippen LogP contribution in [0.4, 0.5) is 0 Å². The first-order valence-corrected chi connectivity index (χ1v) is 11.8. The largest absolute Gasteiger partial charge is 0.463 e. The maximum atomic E-state index is 11.8. The number of thioether (sulfide) groups is 2. The van der Waals surface area contributed by atoms with Gasteiger partial charge in [-0.3, -0.25) is 19.2 Å². The fourth-order valence-corrected chi connectivity index (χ4v) is 5.33. The Morgan fingerprint density at radius 3 is 2.09 bits per heavy atom. The molecule has 180 valence electrons. The molecule has 0 radical (unpaired) electrons. The Balaban J connectivity index is 2.35. The van der Waals surface area contributed by atoms with E-state index >= 15 is 0 Å². The summed E-state index contributed by atoms with van der Waals surface area (Å²) >= 11 is 7.67. The van der Waals surface area contributed by atoms with Gasteiger partial charge in [0, 0.05) is 33.9 Å². The van der Waals surface area contributed by atoms with Crippen molar-refractivity contribution >= 4 is 63.1 Å². The Morgan fingerprint density at radius 2 is 1.55 bits per heavy atom. The zero-order valence-corrected chi connectivity index (χ0v) is 20.7. The third-order valence-corrected chi connectivity index (χ3v) is 6.48. The highest BCUT2D eigenvalue weighted by Crippen LogP contribution is 2.37. The van der Waals surface area contributed by atoms with Gasteiger partial charge in [0.1, 0.15) is 26.7 Å². The molecule has 1 aromatic heterocycles. The molecule has 2 heterocycles. The molecule has 2 rings (SSSR count). The van der Waals surface area contributed by atoms with E-state index in [2.05, 4.69) is 4.98 Å². The van der Waals surface area contributed by atoms with Crippen LogP contribution in [0.2, 0.25) is 0 Å². The van der Waals surface area contributed by atoms with Crippen molar-refractivity contribution < 1.29 is 42.9 Å². The number of carbonyl (C=O) groups is 4. The molecule has 0 bridgehead atoms. The Kier molecular flexibility index (Phi) is 10.5. The first kappa shape index (κ1) is 27.0. The lowest BCUT2D eigenvalue weighted by atomic mass is 9.99. The summed E-state index contributed by atoms with van der Waals surface area (Å²) < 4.78 is 27.6. The molecule has 1 aliphatic heterocycles. The van der Waals surface area contributed by atoms with Crippen LogP contribution in [-0.2, 0) is 42.9 Å². The van der Waals surface area contributed by atoms with Gasteiger partial charge in [-0.25, -0.2) is 4.98 Å². The summed E-state index contributed by atoms with van der Waals surface area (Å²) in [4.78, 5) is 51.0. The molecule has 1 aliphatic rings. The van der Waals surface area contributed by atoms with Crippen LogP contribution in [-0.4, -0.2) is 68.8 Å². The van der Waals surface area contributed by atoms with E-state index in [4.69, 9.17) is 35.9 Å². The van der Waals surface area contributed by atoms with Gasteiger partial charge in [0.05, 0.1) is 0 Å². The van der Waals surface area contributed by atoms with Crippen LogP contribution in [0.15, 0.2) is 29.4 Å². The number of nitrogens with zero attached hydrogens (tertiary/aromatic N) is 1. The fraction of sp³-hybridized carbons (Fsp3) is 0.500. The first-order valence-electron chi connectivity index (χ1n) is 9.66. The van der Waals surface area contributed by atoms with Crippen molar-refractivity contribution in [3.63, 3.8) is 0 Å². The minimum Gasteiger partial charge on any atom is -0.463 e. The molecule has 0 amide bonds. The van der Waals surface area contributed by atoms with Crippen LogP contribution >= 0.6 is 35.7 Å². The lowest BCUT2D eigenvalue weighted by molar-refractivity contribution is -0.237. The van der Waals surface area contributed by atoms with Crippen molar-refractivity contribution in [3.05, 3.63) is 24.4 Å². The number of carbonyl (C=O) groups excluding carboxylic acids is 4. The molecule has 10 nitrogen and oxygen atoms in total. The first-order chi connectivity index (χ1) is 15.6. The third kappa shape index (κ3) is 8.91. The molecule has 0 spiro atoms. The average Bonchev–Trinajstić information content (AvgIpc) is 2.70. The minimum absolute atomic E-state index is 0.297. The summed E-state index contributed by atoms with van der Waals surface area (Å²) in [7, 11) is 0. The molecule has 1 fully saturated rings. The van der Waals surface area contributed by atoms with E-state index in [1.54, 1.807) is 24.4 Å². The van der Waals surface area contributed by atoms with Gasteiger partial charge >= 0.3 is 23.9 Å². The molecule has 13 heteroatoms. The van der Waals surface area contributed by atoms with E-state index < -0.39 is 53.7 Å². The summed E-state index contributed by atoms with van der Waals surface area (Å²) in [5.74, 6) is -2.65. The van der Waals surface area contributed by atoms with Gasteiger partial charge < -0.3 is 23.7 Å². The van der Waals surface area contributed by atoms with Gasteiger partial charge in [0.2, 0.25) is 0 Å². The number of hydrogen-bond acceptors (Lipinski definition) is 13. The summed E-state index contributed by atoms with van der Waals surface area (Å²) in [6, 6.07) is 5.33. The van der Waals surface area contributed by atoms with Crippen LogP contribution in [0.1, 0.15) is 27.7 Å². The normalized spacial score (nSPS) is 24.3. The zero-order valence-electron chi connectivity index (χ0n) is 18.2. The summed E-state index contributed by atoms with van der Waals surface area (Å²) in [5.41, 5.74) is -0.964. The Bertz CT molecular complexity index is 883. The molecule has 0 aliphatic carbocycles. The highest BCUT2D eigenvalue weighted by Gasteiger charge is 2.52. The third-order valence-electron chi connectivity index (χ3n) is 3.99. The monoisotopic (exact) mass is 517 g/mol. The standard InChI is InChI=1S/C20H23NO9S3/c1-10(22)26-9-14-16(27-11(2)23)17(28-12(3)24)18(29-13(4)25)19(30-14)33-20(31)32-15-7-5-6-8-21-15/h5-8,14,16-19H,9H2,1-4H3/t14?,16-,17?,18?,19+/m1/s1. The number of esters is 4. The summed E-state index contributed by atoms with van der Waals surface area (Å²) in [5, 5.41) is 0.639. The maximum absolute atomic E-state index is 11.8. The van der Waals surface area contributed by atoms with Crippen molar-refractivity contribution in [2.75, 3.05) is 6.61 Å². The van der Waals surface area contributed by atoms with Crippen LogP contribution in [0.3, 0.4) is 0 Å². The van der Waals surface area contributed by atoms with Gasteiger partial charge in [0.25, 0.3) is 0 Å². The van der Waals surface area contributed by atoms with E-state index in [0.717, 1.165) is 25.6 Å². The second kappa shape index (κ2) is 12.9. The van der Waals surface area contributed by atoms with Gasteiger partial charge in [-0.15, -0.1) is 0 Å². The summed E-state index contributed by atoms with van der Waals surface area (Å²) in [6.45, 7) is 4.41. The second-order valence-electron chi connectivity index (χ2n) is 6.71. The molecular formula is C20H23NO9S3.